The van der Waals surface area contributed by atoms with E-state index in [0.717, 1.165) is 27.3 Å². The summed E-state index contributed by atoms with van der Waals surface area (Å²) in [6.45, 7) is 0. The largest absolute Gasteiger partial charge is 0.508 e. The van der Waals surface area contributed by atoms with E-state index in [1.54, 1.807) is 23.5 Å². The lowest BCUT2D eigenvalue weighted by molar-refractivity contribution is 0.476. The number of benzene rings is 2. The van der Waals surface area contributed by atoms with Gasteiger partial charge in [0.2, 0.25) is 0 Å². The Bertz CT molecular complexity index is 877. The van der Waals surface area contributed by atoms with Crippen molar-refractivity contribution < 1.29 is 5.11 Å². The second-order valence-electron chi connectivity index (χ2n) is 4.39. The van der Waals surface area contributed by atoms with Crippen LogP contribution in [0.1, 0.15) is 0 Å². The smallest absolute Gasteiger partial charge is 0.195 e. The molecule has 0 spiro atoms. The first-order chi connectivity index (χ1) is 9.33. The normalized spacial score (nSPS) is 11.4. The average molecular weight is 266 g/mol. The van der Waals surface area contributed by atoms with Crippen LogP contribution >= 0.6 is 11.3 Å². The number of aromatic nitrogens is 2. The van der Waals surface area contributed by atoms with E-state index in [4.69, 9.17) is 0 Å². The maximum Gasteiger partial charge on any atom is 0.195 e. The molecule has 0 aliphatic rings. The van der Waals surface area contributed by atoms with Crippen LogP contribution in [-0.2, 0) is 0 Å². The van der Waals surface area contributed by atoms with Gasteiger partial charge in [0.05, 0.1) is 16.7 Å². The number of hydrogen-bond donors (Lipinski definition) is 1. The van der Waals surface area contributed by atoms with Crippen LogP contribution in [0.2, 0.25) is 0 Å². The van der Waals surface area contributed by atoms with Gasteiger partial charge in [0.1, 0.15) is 5.75 Å². The molecule has 2 aromatic carbocycles. The zero-order valence-corrected chi connectivity index (χ0v) is 10.8. The maximum atomic E-state index is 9.67. The molecule has 0 bridgehead atoms. The highest BCUT2D eigenvalue weighted by Crippen LogP contribution is 2.31. The molecule has 0 saturated carbocycles. The molecular weight excluding hydrogens is 256 g/mol. The highest BCUT2D eigenvalue weighted by molar-refractivity contribution is 7.15. The quantitative estimate of drug-likeness (QED) is 0.567. The second kappa shape index (κ2) is 3.83. The van der Waals surface area contributed by atoms with Gasteiger partial charge in [-0.1, -0.05) is 30.3 Å². The Labute approximate surface area is 113 Å². The minimum absolute atomic E-state index is 0.263. The minimum Gasteiger partial charge on any atom is -0.508 e. The molecule has 19 heavy (non-hydrogen) atoms. The third-order valence-electron chi connectivity index (χ3n) is 3.19. The van der Waals surface area contributed by atoms with Crippen LogP contribution in [0.3, 0.4) is 0 Å². The van der Waals surface area contributed by atoms with E-state index in [0.29, 0.717) is 0 Å². The minimum atomic E-state index is 0.263. The van der Waals surface area contributed by atoms with Crippen LogP contribution in [0, 0.1) is 0 Å². The lowest BCUT2D eigenvalue weighted by atomic mass is 10.2. The number of hydrogen-bond acceptors (Lipinski definition) is 3. The van der Waals surface area contributed by atoms with Crippen molar-refractivity contribution in [3.05, 3.63) is 53.9 Å². The summed E-state index contributed by atoms with van der Waals surface area (Å²) in [6, 6.07) is 15.5. The molecule has 4 heteroatoms. The molecule has 1 N–H and O–H groups in total. The van der Waals surface area contributed by atoms with Gasteiger partial charge >= 0.3 is 0 Å². The summed E-state index contributed by atoms with van der Waals surface area (Å²) in [6.07, 6.45) is 0. The van der Waals surface area contributed by atoms with Crippen molar-refractivity contribution >= 4 is 27.3 Å². The molecule has 0 unspecified atom stereocenters. The highest BCUT2D eigenvalue weighted by Gasteiger charge is 2.12. The van der Waals surface area contributed by atoms with E-state index in [1.165, 1.54) is 0 Å². The lowest BCUT2D eigenvalue weighted by Crippen LogP contribution is -1.85. The Kier molecular flexibility index (Phi) is 2.13. The molecule has 2 heterocycles. The van der Waals surface area contributed by atoms with Gasteiger partial charge in [-0.3, -0.25) is 4.40 Å². The molecule has 4 aromatic rings. The van der Waals surface area contributed by atoms with Crippen molar-refractivity contribution in [2.75, 3.05) is 0 Å². The van der Waals surface area contributed by atoms with Gasteiger partial charge in [-0.05, 0) is 17.7 Å². The number of imidazole rings is 1. The van der Waals surface area contributed by atoms with Crippen LogP contribution in [0.5, 0.6) is 5.75 Å². The molecule has 0 saturated heterocycles. The molecule has 92 valence electrons. The summed E-state index contributed by atoms with van der Waals surface area (Å²) in [5.74, 6) is 0.263. The van der Waals surface area contributed by atoms with Crippen molar-refractivity contribution in [2.24, 2.45) is 0 Å². The molecule has 0 radical (unpaired) electrons. The van der Waals surface area contributed by atoms with Crippen LogP contribution in [0.15, 0.2) is 53.9 Å². The summed E-state index contributed by atoms with van der Waals surface area (Å²) in [5.41, 5.74) is 4.10. The van der Waals surface area contributed by atoms with E-state index in [2.05, 4.69) is 26.9 Å². The Hall–Kier alpha value is -2.33. The monoisotopic (exact) mass is 266 g/mol. The zero-order chi connectivity index (χ0) is 12.8. The van der Waals surface area contributed by atoms with Gasteiger partial charge in [-0.25, -0.2) is 4.98 Å². The van der Waals surface area contributed by atoms with E-state index in [-0.39, 0.29) is 5.75 Å². The fraction of sp³-hybridized carbons (Fsp3) is 0. The van der Waals surface area contributed by atoms with Crippen molar-refractivity contribution in [3.8, 4) is 17.0 Å². The summed E-state index contributed by atoms with van der Waals surface area (Å²) >= 11 is 1.61. The number of nitrogens with zero attached hydrogens (tertiary/aromatic N) is 2. The van der Waals surface area contributed by atoms with Gasteiger partial charge in [0, 0.05) is 11.4 Å². The summed E-state index contributed by atoms with van der Waals surface area (Å²) in [7, 11) is 0. The Balaban J connectivity index is 2.12. The van der Waals surface area contributed by atoms with Gasteiger partial charge in [-0.2, -0.15) is 0 Å². The van der Waals surface area contributed by atoms with E-state index in [1.807, 2.05) is 24.3 Å². The number of thiazole rings is 1. The van der Waals surface area contributed by atoms with Crippen molar-refractivity contribution in [1.82, 2.24) is 9.38 Å². The number of rotatable bonds is 1. The maximum absolute atomic E-state index is 9.67. The third-order valence-corrected chi connectivity index (χ3v) is 4.02. The van der Waals surface area contributed by atoms with Crippen LogP contribution < -0.4 is 0 Å². The summed E-state index contributed by atoms with van der Waals surface area (Å²) < 4.78 is 2.09. The van der Waals surface area contributed by atoms with Crippen LogP contribution in [0.25, 0.3) is 27.3 Å². The number of fused-ring (bicyclic) bond motifs is 3. The first-order valence-electron chi connectivity index (χ1n) is 5.97. The number of phenols is 1. The molecular formula is C15H10N2OS. The SMILES string of the molecule is Oc1ccc2nc3scc(-c4ccccc4)n3c2c1. The number of aromatic hydroxyl groups is 1. The summed E-state index contributed by atoms with van der Waals surface area (Å²) in [5, 5.41) is 11.8. The average Bonchev–Trinajstić information content (AvgIpc) is 2.99. The topological polar surface area (TPSA) is 37.5 Å². The standard InChI is InChI=1S/C15H10N2OS/c18-11-6-7-12-13(8-11)17-14(9-19-15(17)16-12)10-4-2-1-3-5-10/h1-9,18H. The van der Waals surface area contributed by atoms with E-state index >= 15 is 0 Å². The van der Waals surface area contributed by atoms with Crippen molar-refractivity contribution in [2.45, 2.75) is 0 Å². The van der Waals surface area contributed by atoms with Crippen LogP contribution in [0.4, 0.5) is 0 Å². The first-order valence-corrected chi connectivity index (χ1v) is 6.85. The van der Waals surface area contributed by atoms with Crippen LogP contribution in [-0.4, -0.2) is 14.5 Å². The molecule has 0 aliphatic carbocycles. The fourth-order valence-electron chi connectivity index (χ4n) is 2.32. The third kappa shape index (κ3) is 1.54. The van der Waals surface area contributed by atoms with Crippen molar-refractivity contribution in [3.63, 3.8) is 0 Å². The number of phenolic OH excluding ortho intramolecular Hbond substituents is 1. The van der Waals surface area contributed by atoms with Crippen molar-refractivity contribution in [1.29, 1.82) is 0 Å². The van der Waals surface area contributed by atoms with Gasteiger partial charge in [0.15, 0.2) is 4.96 Å². The molecule has 3 nitrogen and oxygen atoms in total. The molecule has 0 fully saturated rings. The predicted octanol–water partition coefficient (Wildman–Crippen LogP) is 3.92. The molecule has 0 atom stereocenters. The predicted molar refractivity (Wildman–Crippen MR) is 77.7 cm³/mol. The Morgan fingerprint density at radius 3 is 2.74 bits per heavy atom. The lowest BCUT2D eigenvalue weighted by Gasteiger charge is -2.01. The van der Waals surface area contributed by atoms with E-state index in [9.17, 15) is 5.11 Å². The Morgan fingerprint density at radius 2 is 1.89 bits per heavy atom. The fourth-order valence-corrected chi connectivity index (χ4v) is 3.23. The molecule has 4 rings (SSSR count). The first kappa shape index (κ1) is 10.6. The Morgan fingerprint density at radius 1 is 1.05 bits per heavy atom. The zero-order valence-electron chi connectivity index (χ0n) is 9.95. The second-order valence-corrected chi connectivity index (χ2v) is 5.23. The highest BCUT2D eigenvalue weighted by atomic mass is 32.1. The summed E-state index contributed by atoms with van der Waals surface area (Å²) in [4.78, 5) is 5.52. The molecule has 0 aliphatic heterocycles. The van der Waals surface area contributed by atoms with E-state index < -0.39 is 0 Å². The van der Waals surface area contributed by atoms with Gasteiger partial charge in [-0.15, -0.1) is 11.3 Å². The van der Waals surface area contributed by atoms with Gasteiger partial charge in [0.25, 0.3) is 0 Å². The molecule has 2 aromatic heterocycles. The van der Waals surface area contributed by atoms with Gasteiger partial charge < -0.3 is 5.11 Å². The molecule has 0 amide bonds.